The minimum atomic E-state index is -0.685. The summed E-state index contributed by atoms with van der Waals surface area (Å²) in [6, 6.07) is -0.685. The van der Waals surface area contributed by atoms with E-state index in [9.17, 15) is 9.59 Å². The summed E-state index contributed by atoms with van der Waals surface area (Å²) < 4.78 is 0. The Labute approximate surface area is 65.7 Å². The Morgan fingerprint density at radius 3 is 2.55 bits per heavy atom. The summed E-state index contributed by atoms with van der Waals surface area (Å²) in [6.07, 6.45) is 0.705. The van der Waals surface area contributed by atoms with Gasteiger partial charge in [-0.25, -0.2) is 9.79 Å². The molecule has 0 bridgehead atoms. The Morgan fingerprint density at radius 1 is 1.64 bits per heavy atom. The third-order valence-electron chi connectivity index (χ3n) is 1.43. The van der Waals surface area contributed by atoms with Crippen LogP contribution in [0.2, 0.25) is 0 Å². The summed E-state index contributed by atoms with van der Waals surface area (Å²) in [7, 11) is 0. The van der Waals surface area contributed by atoms with Gasteiger partial charge in [-0.15, -0.1) is 0 Å². The van der Waals surface area contributed by atoms with Gasteiger partial charge in [-0.05, 0) is 13.1 Å². The van der Waals surface area contributed by atoms with Crippen molar-refractivity contribution in [1.82, 2.24) is 5.32 Å². The molecule has 0 radical (unpaired) electrons. The molecule has 0 spiro atoms. The smallest absolute Gasteiger partial charge is 0.276 e. The Kier molecular flexibility index (Phi) is 4.10. The van der Waals surface area contributed by atoms with Gasteiger partial charge in [0.1, 0.15) is 0 Å². The predicted octanol–water partition coefficient (Wildman–Crippen LogP) is 0.969. The fourth-order valence-corrected chi connectivity index (χ4v) is 0.454. The molecule has 4 nitrogen and oxygen atoms in total. The van der Waals surface area contributed by atoms with Gasteiger partial charge in [0.2, 0.25) is 5.91 Å². The molecule has 11 heavy (non-hydrogen) atoms. The number of urea groups is 1. The van der Waals surface area contributed by atoms with Crippen LogP contribution in [0.1, 0.15) is 20.3 Å². The summed E-state index contributed by atoms with van der Waals surface area (Å²) >= 11 is 0. The number of hydrogen-bond donors (Lipinski definition) is 1. The lowest BCUT2D eigenvalue weighted by Crippen LogP contribution is -2.32. The molecule has 0 fully saturated rings. The van der Waals surface area contributed by atoms with Gasteiger partial charge in [-0.1, -0.05) is 13.8 Å². The third kappa shape index (κ3) is 3.50. The number of hydrogen-bond acceptors (Lipinski definition) is 2. The maximum Gasteiger partial charge on any atom is 0.346 e. The summed E-state index contributed by atoms with van der Waals surface area (Å²) in [5.74, 6) is -0.453. The van der Waals surface area contributed by atoms with Gasteiger partial charge in [0, 0.05) is 5.92 Å². The Hall–Kier alpha value is -1.19. The van der Waals surface area contributed by atoms with Crippen LogP contribution >= 0.6 is 0 Å². The van der Waals surface area contributed by atoms with Crippen LogP contribution in [-0.4, -0.2) is 18.7 Å². The van der Waals surface area contributed by atoms with Crippen LogP contribution < -0.4 is 5.32 Å². The molecular weight excluding hydrogens is 144 g/mol. The predicted molar refractivity (Wildman–Crippen MR) is 42.5 cm³/mol. The normalized spacial score (nSPS) is 11.8. The van der Waals surface area contributed by atoms with E-state index >= 15 is 0 Å². The average molecular weight is 156 g/mol. The minimum absolute atomic E-state index is 0.152. The van der Waals surface area contributed by atoms with E-state index < -0.39 is 6.03 Å². The van der Waals surface area contributed by atoms with Gasteiger partial charge in [0.25, 0.3) is 0 Å². The lowest BCUT2D eigenvalue weighted by Gasteiger charge is -2.05. The molecule has 0 rings (SSSR count). The van der Waals surface area contributed by atoms with Crippen molar-refractivity contribution in [3.63, 3.8) is 0 Å². The van der Waals surface area contributed by atoms with Crippen molar-refractivity contribution in [3.05, 3.63) is 0 Å². The first-order valence-corrected chi connectivity index (χ1v) is 3.43. The van der Waals surface area contributed by atoms with E-state index in [0.717, 1.165) is 0 Å². The van der Waals surface area contributed by atoms with Crippen molar-refractivity contribution < 1.29 is 9.59 Å². The van der Waals surface area contributed by atoms with Crippen LogP contribution in [0.3, 0.4) is 0 Å². The highest BCUT2D eigenvalue weighted by Gasteiger charge is 2.11. The number of aliphatic imine (C=N–C) groups is 1. The molecule has 62 valence electrons. The number of carbonyl (C=O) groups is 2. The molecule has 4 heteroatoms. The topological polar surface area (TPSA) is 58.5 Å². The maximum absolute atomic E-state index is 10.9. The number of nitrogens with zero attached hydrogens (tertiary/aromatic N) is 1. The second kappa shape index (κ2) is 4.60. The molecule has 0 heterocycles. The second-order valence-electron chi connectivity index (χ2n) is 2.26. The molecule has 0 saturated carbocycles. The van der Waals surface area contributed by atoms with Crippen LogP contribution in [0.5, 0.6) is 0 Å². The summed E-state index contributed by atoms with van der Waals surface area (Å²) in [5.41, 5.74) is 0. The standard InChI is InChI=1S/C7H12N2O2/c1-4-5(2)6(10)9-7(11)8-3/h5H,3-4H2,1-2H3,(H,9,10,11). The van der Waals surface area contributed by atoms with E-state index in [1.54, 1.807) is 6.92 Å². The first-order chi connectivity index (χ1) is 5.11. The lowest BCUT2D eigenvalue weighted by molar-refractivity contribution is -0.123. The van der Waals surface area contributed by atoms with Crippen LogP contribution in [0, 0.1) is 5.92 Å². The van der Waals surface area contributed by atoms with Crippen LogP contribution in [-0.2, 0) is 4.79 Å². The van der Waals surface area contributed by atoms with Crippen molar-refractivity contribution in [2.75, 3.05) is 0 Å². The maximum atomic E-state index is 10.9. The highest BCUT2D eigenvalue weighted by molar-refractivity contribution is 5.96. The van der Waals surface area contributed by atoms with Crippen molar-refractivity contribution >= 4 is 18.7 Å². The number of rotatable bonds is 2. The summed E-state index contributed by atoms with van der Waals surface area (Å²) in [4.78, 5) is 24.4. The number of carbonyl (C=O) groups excluding carboxylic acids is 2. The average Bonchev–Trinajstić information content (AvgIpc) is 2.02. The van der Waals surface area contributed by atoms with E-state index in [2.05, 4.69) is 17.0 Å². The molecule has 1 unspecified atom stereocenters. The van der Waals surface area contributed by atoms with Gasteiger partial charge in [-0.3, -0.25) is 10.1 Å². The van der Waals surface area contributed by atoms with Gasteiger partial charge >= 0.3 is 6.03 Å². The fraction of sp³-hybridized carbons (Fsp3) is 0.571. The third-order valence-corrected chi connectivity index (χ3v) is 1.43. The van der Waals surface area contributed by atoms with Crippen LogP contribution in [0.15, 0.2) is 4.99 Å². The molecule has 0 aromatic heterocycles. The van der Waals surface area contributed by atoms with Gasteiger partial charge in [-0.2, -0.15) is 0 Å². The van der Waals surface area contributed by atoms with Crippen molar-refractivity contribution in [1.29, 1.82) is 0 Å². The van der Waals surface area contributed by atoms with Gasteiger partial charge in [0.15, 0.2) is 0 Å². The quantitative estimate of drug-likeness (QED) is 0.605. The summed E-state index contributed by atoms with van der Waals surface area (Å²) in [6.45, 7) is 6.60. The molecule has 0 aromatic carbocycles. The van der Waals surface area contributed by atoms with Crippen LogP contribution in [0.4, 0.5) is 4.79 Å². The molecule has 0 aliphatic heterocycles. The number of amides is 3. The molecule has 0 saturated heterocycles. The van der Waals surface area contributed by atoms with Gasteiger partial charge < -0.3 is 0 Å². The van der Waals surface area contributed by atoms with E-state index in [1.807, 2.05) is 6.92 Å². The molecule has 3 amide bonds. The first-order valence-electron chi connectivity index (χ1n) is 3.43. The first kappa shape index (κ1) is 9.81. The largest absolute Gasteiger partial charge is 0.346 e. The van der Waals surface area contributed by atoms with E-state index in [0.29, 0.717) is 6.42 Å². The fourth-order valence-electron chi connectivity index (χ4n) is 0.454. The minimum Gasteiger partial charge on any atom is -0.276 e. The SMILES string of the molecule is C=NC(=O)NC(=O)C(C)CC. The van der Waals surface area contributed by atoms with E-state index in [4.69, 9.17) is 0 Å². The zero-order chi connectivity index (χ0) is 8.85. The van der Waals surface area contributed by atoms with Gasteiger partial charge in [0.05, 0.1) is 0 Å². The van der Waals surface area contributed by atoms with Crippen molar-refractivity contribution in [2.45, 2.75) is 20.3 Å². The van der Waals surface area contributed by atoms with Crippen LogP contribution in [0.25, 0.3) is 0 Å². The monoisotopic (exact) mass is 156 g/mol. The lowest BCUT2D eigenvalue weighted by atomic mass is 10.1. The molecule has 0 aromatic rings. The Bertz CT molecular complexity index is 177. The molecule has 0 aliphatic carbocycles. The highest BCUT2D eigenvalue weighted by atomic mass is 16.2. The Balaban J connectivity index is 3.86. The number of imide groups is 1. The van der Waals surface area contributed by atoms with E-state index in [1.165, 1.54) is 0 Å². The summed E-state index contributed by atoms with van der Waals surface area (Å²) in [5, 5.41) is 2.07. The number of nitrogens with one attached hydrogen (secondary N) is 1. The highest BCUT2D eigenvalue weighted by Crippen LogP contribution is 1.99. The zero-order valence-electron chi connectivity index (χ0n) is 6.76. The van der Waals surface area contributed by atoms with E-state index in [-0.39, 0.29) is 11.8 Å². The molecule has 1 N–H and O–H groups in total. The zero-order valence-corrected chi connectivity index (χ0v) is 6.76. The molecular formula is C7H12N2O2. The molecule has 1 atom stereocenters. The second-order valence-corrected chi connectivity index (χ2v) is 2.26. The van der Waals surface area contributed by atoms with Crippen molar-refractivity contribution in [2.24, 2.45) is 10.9 Å². The Morgan fingerprint density at radius 2 is 2.18 bits per heavy atom. The molecule has 0 aliphatic rings. The van der Waals surface area contributed by atoms with Crippen molar-refractivity contribution in [3.8, 4) is 0 Å².